The third-order valence-electron chi connectivity index (χ3n) is 16.1. The summed E-state index contributed by atoms with van der Waals surface area (Å²) in [6, 6.07) is 65.3. The Morgan fingerprint density at radius 1 is 0.244 bits per heavy atom. The highest BCUT2D eigenvalue weighted by atomic mass is 14.4. The number of nitriles is 4. The summed E-state index contributed by atoms with van der Waals surface area (Å²) in [5.41, 5.74) is 24.3. The normalized spacial score (nSPS) is 12.3. The third-order valence-corrected chi connectivity index (χ3v) is 16.1. The molecule has 378 valence electrons. The fourth-order valence-corrected chi connectivity index (χ4v) is 11.6. The molecule has 0 radical (unpaired) electrons. The number of nitrogens with zero attached hydrogens (tertiary/aromatic N) is 4. The highest BCUT2D eigenvalue weighted by Gasteiger charge is 2.35. The first-order valence-electron chi connectivity index (χ1n) is 27.0. The molecule has 7 aromatic carbocycles. The van der Waals surface area contributed by atoms with Gasteiger partial charge in [-0.2, -0.15) is 21.0 Å². The van der Waals surface area contributed by atoms with Gasteiger partial charge in [-0.1, -0.05) is 168 Å². The Morgan fingerprint density at radius 2 is 0.474 bits per heavy atom. The molecule has 78 heavy (non-hydrogen) atoms. The second-order valence-electron chi connectivity index (χ2n) is 25.5. The van der Waals surface area contributed by atoms with Crippen LogP contribution in [0.3, 0.4) is 0 Å². The van der Waals surface area contributed by atoms with Crippen molar-refractivity contribution in [3.05, 3.63) is 202 Å². The summed E-state index contributed by atoms with van der Waals surface area (Å²) in [6.45, 7) is 27.4. The summed E-state index contributed by atoms with van der Waals surface area (Å²) >= 11 is 0. The van der Waals surface area contributed by atoms with Crippen molar-refractivity contribution in [2.45, 2.75) is 105 Å². The molecule has 0 aliphatic heterocycles. The van der Waals surface area contributed by atoms with Gasteiger partial charge in [0.25, 0.3) is 0 Å². The Labute approximate surface area is 460 Å². The van der Waals surface area contributed by atoms with Crippen molar-refractivity contribution in [2.75, 3.05) is 0 Å². The minimum absolute atomic E-state index is 0.145. The van der Waals surface area contributed by atoms with Crippen molar-refractivity contribution >= 4 is 21.5 Å². The molecule has 0 spiro atoms. The SMILES string of the molecule is CC(C)(C)c1cc(-c2c(-c3ccc(C#N)cc3)c(-c3ccc(C#N)cc3)c3cc4cc5c6c(-c7cc(C(C)(C)C)cc(C(C)(C)C)c7)c(-c7ccc(C#N)cc7)c(-c7ccc(C#N)cc7)c-6cc5cc4c2-3)cc(C(C)(C)C)c1. The molecule has 11 rings (SSSR count). The van der Waals surface area contributed by atoms with Crippen molar-refractivity contribution in [2.24, 2.45) is 0 Å². The molecule has 4 heteroatoms. The summed E-state index contributed by atoms with van der Waals surface area (Å²) in [6.07, 6.45) is 0. The predicted molar refractivity (Wildman–Crippen MR) is 323 cm³/mol. The average molecular weight is 1010 g/mol. The van der Waals surface area contributed by atoms with E-state index in [-0.39, 0.29) is 21.7 Å². The molecule has 0 atom stereocenters. The van der Waals surface area contributed by atoms with E-state index in [0.29, 0.717) is 22.3 Å². The van der Waals surface area contributed by atoms with Gasteiger partial charge in [-0.3, -0.25) is 0 Å². The highest BCUT2D eigenvalue weighted by Crippen LogP contribution is 2.61. The van der Waals surface area contributed by atoms with Crippen LogP contribution in [0.2, 0.25) is 0 Å². The van der Waals surface area contributed by atoms with Gasteiger partial charge in [0.05, 0.1) is 46.5 Å². The zero-order valence-electron chi connectivity index (χ0n) is 46.8. The first-order chi connectivity index (χ1) is 37.0. The van der Waals surface area contributed by atoms with E-state index in [0.717, 1.165) is 111 Å². The van der Waals surface area contributed by atoms with Gasteiger partial charge in [-0.15, -0.1) is 0 Å². The molecule has 4 aliphatic rings. The molecule has 4 nitrogen and oxygen atoms in total. The Morgan fingerprint density at radius 3 is 0.705 bits per heavy atom. The van der Waals surface area contributed by atoms with E-state index >= 15 is 0 Å². The van der Waals surface area contributed by atoms with Crippen LogP contribution in [0.25, 0.3) is 111 Å². The van der Waals surface area contributed by atoms with Gasteiger partial charge in [0.2, 0.25) is 0 Å². The number of fused-ring (bicyclic) bond motifs is 6. The maximum atomic E-state index is 10.0. The van der Waals surface area contributed by atoms with Gasteiger partial charge in [0.1, 0.15) is 0 Å². The van der Waals surface area contributed by atoms with Crippen molar-refractivity contribution < 1.29 is 0 Å². The lowest BCUT2D eigenvalue weighted by Crippen LogP contribution is -2.16. The van der Waals surface area contributed by atoms with Gasteiger partial charge in [0, 0.05) is 0 Å². The minimum atomic E-state index is -0.145. The number of hydrogen-bond acceptors (Lipinski definition) is 4. The van der Waals surface area contributed by atoms with Gasteiger partial charge in [0.15, 0.2) is 0 Å². The lowest BCUT2D eigenvalue weighted by molar-refractivity contribution is 0.568. The summed E-state index contributed by atoms with van der Waals surface area (Å²) in [4.78, 5) is 0. The van der Waals surface area contributed by atoms with E-state index in [2.05, 4.69) is 217 Å². The highest BCUT2D eigenvalue weighted by molar-refractivity contribution is 6.27. The van der Waals surface area contributed by atoms with Gasteiger partial charge >= 0.3 is 0 Å². The summed E-state index contributed by atoms with van der Waals surface area (Å²) in [5.74, 6) is 0. The lowest BCUT2D eigenvalue weighted by Gasteiger charge is -2.27. The Balaban J connectivity index is 1.33. The quantitative estimate of drug-likeness (QED) is 0.166. The van der Waals surface area contributed by atoms with Crippen LogP contribution in [-0.2, 0) is 21.7 Å². The first-order valence-corrected chi connectivity index (χ1v) is 27.0. The van der Waals surface area contributed by atoms with Crippen LogP contribution in [0.1, 0.15) is 128 Å². The minimum Gasteiger partial charge on any atom is -0.192 e. The molecular weight excluding hydrogens is 945 g/mol. The molecule has 0 saturated heterocycles. The standard InChI is InChI=1S/C74H62N4/c1-71(2,3)55-29-53(30-56(37-55)72(4,5)6)67-65(49-25-17-45(41-77)18-26-49)63(47-21-13-43(39-75)14-22-47)61-35-51-34-60-52(33-59(51)69(61)67)36-62-64(48-23-15-44(40-76)16-24-48)66(50-27-19-46(42-78)20-28-50)68(70(60)62)54-31-57(73(7,8)9)38-58(32-54)74(10,11)12/h13-38H,1-12H3. The van der Waals surface area contributed by atoms with E-state index in [1.54, 1.807) is 0 Å². The van der Waals surface area contributed by atoms with Crippen LogP contribution in [0.5, 0.6) is 0 Å². The summed E-state index contributed by atoms with van der Waals surface area (Å²) < 4.78 is 0. The van der Waals surface area contributed by atoms with Crippen LogP contribution in [0, 0.1) is 45.3 Å². The van der Waals surface area contributed by atoms with Crippen molar-refractivity contribution in [1.82, 2.24) is 0 Å². The zero-order chi connectivity index (χ0) is 55.4. The number of rotatable bonds is 6. The Bertz CT molecular complexity index is 3920. The van der Waals surface area contributed by atoms with Crippen LogP contribution in [-0.4, -0.2) is 0 Å². The molecular formula is C74H62N4. The Hall–Kier alpha value is -9.06. The second-order valence-corrected chi connectivity index (χ2v) is 25.5. The van der Waals surface area contributed by atoms with E-state index in [9.17, 15) is 21.0 Å². The molecule has 0 bridgehead atoms. The molecule has 0 heterocycles. The Kier molecular flexibility index (Phi) is 12.0. The predicted octanol–water partition coefficient (Wildman–Crippen LogP) is 19.8. The van der Waals surface area contributed by atoms with Crippen LogP contribution >= 0.6 is 0 Å². The molecule has 0 fully saturated rings. The van der Waals surface area contributed by atoms with Gasteiger partial charge in [-0.05, 0) is 227 Å². The maximum absolute atomic E-state index is 10.0. The molecule has 0 aromatic heterocycles. The lowest BCUT2D eigenvalue weighted by atomic mass is 9.78. The third kappa shape index (κ3) is 8.70. The van der Waals surface area contributed by atoms with E-state index in [1.807, 2.05) is 48.5 Å². The zero-order valence-corrected chi connectivity index (χ0v) is 46.8. The van der Waals surface area contributed by atoms with E-state index in [1.165, 1.54) is 22.3 Å². The summed E-state index contributed by atoms with van der Waals surface area (Å²) in [5, 5.41) is 44.6. The smallest absolute Gasteiger partial charge is 0.0991 e. The van der Waals surface area contributed by atoms with Crippen molar-refractivity contribution in [3.8, 4) is 113 Å². The van der Waals surface area contributed by atoms with Crippen LogP contribution < -0.4 is 0 Å². The van der Waals surface area contributed by atoms with Crippen LogP contribution in [0.4, 0.5) is 0 Å². The maximum Gasteiger partial charge on any atom is 0.0991 e. The monoisotopic (exact) mass is 1010 g/mol. The molecule has 0 N–H and O–H groups in total. The number of hydrogen-bond donors (Lipinski definition) is 0. The topological polar surface area (TPSA) is 95.2 Å². The largest absolute Gasteiger partial charge is 0.192 e. The van der Waals surface area contributed by atoms with Crippen molar-refractivity contribution in [1.29, 1.82) is 21.0 Å². The van der Waals surface area contributed by atoms with E-state index < -0.39 is 0 Å². The fraction of sp³-hybridized carbons (Fsp3) is 0.216. The average Bonchev–Trinajstić information content (AvgIpc) is 2.88. The first kappa shape index (κ1) is 51.1. The fourth-order valence-electron chi connectivity index (χ4n) is 11.6. The molecule has 7 aromatic rings. The van der Waals surface area contributed by atoms with Gasteiger partial charge in [-0.25, -0.2) is 0 Å². The van der Waals surface area contributed by atoms with Crippen molar-refractivity contribution in [3.63, 3.8) is 0 Å². The molecule has 0 saturated carbocycles. The molecule has 0 unspecified atom stereocenters. The van der Waals surface area contributed by atoms with Gasteiger partial charge < -0.3 is 0 Å². The van der Waals surface area contributed by atoms with Crippen LogP contribution in [0.15, 0.2) is 158 Å². The molecule has 4 aliphatic carbocycles. The molecule has 0 amide bonds. The number of benzene rings is 7. The second kappa shape index (κ2) is 18.3. The summed E-state index contributed by atoms with van der Waals surface area (Å²) in [7, 11) is 0. The van der Waals surface area contributed by atoms with E-state index in [4.69, 9.17) is 0 Å².